The Bertz CT molecular complexity index is 4170. The molecular formula is C81H109N15O21. The van der Waals surface area contributed by atoms with Crippen LogP contribution in [-0.2, 0) is 86.2 Å². The van der Waals surface area contributed by atoms with Gasteiger partial charge in [-0.1, -0.05) is 88.4 Å². The normalized spacial score (nSPS) is 23.2. The number of carboxylic acid groups (broad SMARTS) is 2. The molecule has 0 aromatic heterocycles. The molecule has 0 unspecified atom stereocenters. The Hall–Kier alpha value is -11.4. The summed E-state index contributed by atoms with van der Waals surface area (Å²) in [5, 5.41) is 45.1. The number of carbonyl (C=O) groups excluding carboxylic acids is 16. The SMILES string of the molecule is CC(C)[C@H](NC(=O)[C@@H]1CCCN1C(=O)[C@@H](NC(=O)[C@H](C)NC(=O)[C@@H]1CCCN1C(=O)CNC(=O)[C@H](C)NC(=O)[C@@H]1CCCN1C(=O)[C@H](C)NC(=O)[C@H](C)NC(=O)[C@@H]1CCCN1C(=O)[C@H](C)NC(=O)[C@H](CC(=O)O)NC(=O)[C@H](CCCCN1C(=O)[C@@H]2[C@H](C1=O)[C@H]1C=C[C@@H]2C1)NC(=O)OCC1c2ccccc2-c2ccccc21)C(C)C)C(=O)O. The first-order chi connectivity index (χ1) is 55.6. The summed E-state index contributed by atoms with van der Waals surface area (Å²) in [5.74, 6) is -15.1. The second-order valence-electron chi connectivity index (χ2n) is 32.5. The van der Waals surface area contributed by atoms with E-state index in [9.17, 15) is 96.5 Å². The van der Waals surface area contributed by atoms with Gasteiger partial charge < -0.3 is 87.7 Å². The summed E-state index contributed by atoms with van der Waals surface area (Å²) < 4.78 is 5.77. The van der Waals surface area contributed by atoms with Crippen LogP contribution in [0.4, 0.5) is 4.79 Å². The molecule has 12 N–H and O–H groups in total. The van der Waals surface area contributed by atoms with E-state index < -0.39 is 210 Å². The number of carboxylic acids is 2. The number of likely N-dealkylation sites (tertiary alicyclic amines) is 5. The van der Waals surface area contributed by atoms with Crippen LogP contribution in [-0.4, -0.2) is 266 Å². The number of aliphatic carboxylic acids is 2. The summed E-state index contributed by atoms with van der Waals surface area (Å²) in [4.78, 5) is 250. The van der Waals surface area contributed by atoms with Crippen LogP contribution in [0.25, 0.3) is 11.1 Å². The predicted molar refractivity (Wildman–Crippen MR) is 416 cm³/mol. The number of allylic oxidation sites excluding steroid dienone is 2. The highest BCUT2D eigenvalue weighted by Gasteiger charge is 2.59. The van der Waals surface area contributed by atoms with Crippen molar-refractivity contribution in [3.63, 3.8) is 0 Å². The molecule has 2 aromatic carbocycles. The van der Waals surface area contributed by atoms with Gasteiger partial charge in [-0.05, 0) is 158 Å². The zero-order valence-corrected chi connectivity index (χ0v) is 67.3. The third kappa shape index (κ3) is 20.4. The van der Waals surface area contributed by atoms with Gasteiger partial charge >= 0.3 is 18.0 Å². The van der Waals surface area contributed by atoms with Crippen molar-refractivity contribution in [2.24, 2.45) is 35.5 Å². The monoisotopic (exact) mass is 1630 g/mol. The van der Waals surface area contributed by atoms with Gasteiger partial charge in [-0.15, -0.1) is 0 Å². The molecule has 10 rings (SSSR count). The molecule has 36 nitrogen and oxygen atoms in total. The maximum absolute atomic E-state index is 14.3. The number of nitrogens with one attached hydrogen (secondary N) is 10. The van der Waals surface area contributed by atoms with Crippen LogP contribution >= 0.6 is 0 Å². The maximum Gasteiger partial charge on any atom is 0.407 e. The van der Waals surface area contributed by atoms with Crippen molar-refractivity contribution < 1.29 is 101 Å². The first kappa shape index (κ1) is 88.0. The highest BCUT2D eigenvalue weighted by Crippen LogP contribution is 2.52. The number of rotatable bonds is 35. The van der Waals surface area contributed by atoms with E-state index >= 15 is 0 Å². The van der Waals surface area contributed by atoms with E-state index in [2.05, 4.69) is 53.2 Å². The van der Waals surface area contributed by atoms with Crippen LogP contribution in [0.15, 0.2) is 60.7 Å². The van der Waals surface area contributed by atoms with Gasteiger partial charge in [0.1, 0.15) is 85.2 Å². The number of unbranched alkanes of at least 4 members (excludes halogenated alkanes) is 1. The first-order valence-corrected chi connectivity index (χ1v) is 40.6. The number of amides is 16. The van der Waals surface area contributed by atoms with Gasteiger partial charge in [0.25, 0.3) is 0 Å². The lowest BCUT2D eigenvalue weighted by atomic mass is 9.85. The number of hydrogen-bond acceptors (Lipinski definition) is 19. The van der Waals surface area contributed by atoms with Crippen LogP contribution in [0.3, 0.4) is 0 Å². The molecule has 6 fully saturated rings. The summed E-state index contributed by atoms with van der Waals surface area (Å²) in [7, 11) is 0. The van der Waals surface area contributed by atoms with Crippen molar-refractivity contribution in [3.05, 3.63) is 71.8 Å². The van der Waals surface area contributed by atoms with Crippen molar-refractivity contribution in [2.75, 3.05) is 45.9 Å². The molecule has 17 atom stereocenters. The zero-order chi connectivity index (χ0) is 85.1. The molecule has 3 aliphatic carbocycles. The minimum atomic E-state index is -1.82. The van der Waals surface area contributed by atoms with Crippen molar-refractivity contribution in [1.29, 1.82) is 0 Å². The van der Waals surface area contributed by atoms with Gasteiger partial charge in [0.05, 0.1) is 24.8 Å². The summed E-state index contributed by atoms with van der Waals surface area (Å²) in [6.07, 6.45) is 5.44. The highest BCUT2D eigenvalue weighted by atomic mass is 16.5. The van der Waals surface area contributed by atoms with Crippen molar-refractivity contribution in [2.45, 2.75) is 230 Å². The molecule has 5 heterocycles. The van der Waals surface area contributed by atoms with Gasteiger partial charge in [-0.3, -0.25) is 81.6 Å². The zero-order valence-electron chi connectivity index (χ0n) is 67.3. The number of alkyl carbamates (subject to hydrolysis) is 1. The van der Waals surface area contributed by atoms with E-state index in [-0.39, 0.29) is 114 Å². The fourth-order valence-corrected chi connectivity index (χ4v) is 17.3. The van der Waals surface area contributed by atoms with Gasteiger partial charge in [0, 0.05) is 38.6 Å². The van der Waals surface area contributed by atoms with Crippen LogP contribution in [0.5, 0.6) is 0 Å². The van der Waals surface area contributed by atoms with Crippen molar-refractivity contribution in [3.8, 4) is 11.1 Å². The van der Waals surface area contributed by atoms with Gasteiger partial charge in [-0.2, -0.15) is 0 Å². The highest BCUT2D eigenvalue weighted by molar-refractivity contribution is 6.07. The lowest BCUT2D eigenvalue weighted by molar-refractivity contribution is -0.146. The minimum Gasteiger partial charge on any atom is -0.481 e. The molecule has 2 aromatic rings. The number of ether oxygens (including phenoxy) is 1. The first-order valence-electron chi connectivity index (χ1n) is 40.6. The Morgan fingerprint density at radius 3 is 1.36 bits per heavy atom. The summed E-state index contributed by atoms with van der Waals surface area (Å²) in [6.45, 7) is 13.2. The minimum absolute atomic E-state index is 0.00215. The molecule has 8 aliphatic rings. The molecule has 117 heavy (non-hydrogen) atoms. The molecule has 36 heteroatoms. The fourth-order valence-electron chi connectivity index (χ4n) is 17.3. The molecule has 634 valence electrons. The van der Waals surface area contributed by atoms with Gasteiger partial charge in [0.2, 0.25) is 88.6 Å². The molecule has 0 spiro atoms. The third-order valence-electron chi connectivity index (χ3n) is 23.6. The Labute approximate surface area is 677 Å². The van der Waals surface area contributed by atoms with Crippen molar-refractivity contribution in [1.82, 2.24) is 77.7 Å². The molecule has 5 saturated heterocycles. The Morgan fingerprint density at radius 2 is 0.880 bits per heavy atom. The molecule has 5 aliphatic heterocycles. The summed E-state index contributed by atoms with van der Waals surface area (Å²) >= 11 is 0. The molecular weight excluding hydrogens is 1520 g/mol. The van der Waals surface area contributed by atoms with Crippen LogP contribution < -0.4 is 53.2 Å². The second kappa shape index (κ2) is 38.6. The van der Waals surface area contributed by atoms with Gasteiger partial charge in [-0.25, -0.2) is 9.59 Å². The fraction of sp³-hybridized carbons (Fsp3) is 0.605. The quantitative estimate of drug-likeness (QED) is 0.0242. The van der Waals surface area contributed by atoms with Gasteiger partial charge in [0.15, 0.2) is 0 Å². The third-order valence-corrected chi connectivity index (χ3v) is 23.6. The summed E-state index contributed by atoms with van der Waals surface area (Å²) in [6, 6.07) is -0.883. The standard InChI is InChI=1S/C81H109N15O21/c1-40(2)64(79(113)95-35-19-28-59(95)74(108)91-65(41(3)4)80(114)115)90-68(102)44(7)85-71(105)56-25-16-32-92(56)60(97)38-82-66(100)42(5)83-72(106)57-26-17-33-93(57)75(109)45(8)86-67(101)43(6)84-73(107)58-27-18-34-94(58)76(110)46(9)87-70(104)55(37-61(98)99)88-69(103)54(24-14-15-31-96-77(111)62-47-29-30-48(36-47)63(62)78(96)112)89-81(116)117-39-53-51-22-12-10-20-49(51)50-21-11-13-23-52(50)53/h10-13,20-23,29-30,40-48,53-59,62-65H,14-19,24-28,31-39H2,1-9H3,(H,82,100)(H,83,106)(H,84,107)(H,85,105)(H,86,101)(H,87,104)(H,88,103)(H,89,116)(H,90,102)(H,91,108)(H,98,99)(H,114,115)/t42-,43-,44-,45-,46-,47-,48+,54-,55-,56-,57-,58-,59-,62+,63-,64-,65-/m0/s1. The largest absolute Gasteiger partial charge is 0.481 e. The number of benzene rings is 2. The Morgan fingerprint density at radius 1 is 0.453 bits per heavy atom. The number of hydrogen-bond donors (Lipinski definition) is 12. The Kier molecular flexibility index (Phi) is 29.0. The van der Waals surface area contributed by atoms with Crippen LogP contribution in [0.1, 0.15) is 163 Å². The predicted octanol–water partition coefficient (Wildman–Crippen LogP) is -0.200. The summed E-state index contributed by atoms with van der Waals surface area (Å²) in [5.41, 5.74) is 3.80. The maximum atomic E-state index is 14.3. The molecule has 2 bridgehead atoms. The topological polar surface area (TPSA) is 493 Å². The van der Waals surface area contributed by atoms with Crippen molar-refractivity contribution >= 4 is 107 Å². The number of carbonyl (C=O) groups is 18. The average molecular weight is 1630 g/mol. The van der Waals surface area contributed by atoms with Crippen LogP contribution in [0.2, 0.25) is 0 Å². The van der Waals surface area contributed by atoms with E-state index in [0.717, 1.165) is 28.7 Å². The van der Waals surface area contributed by atoms with Crippen LogP contribution in [0, 0.1) is 35.5 Å². The smallest absolute Gasteiger partial charge is 0.407 e. The van der Waals surface area contributed by atoms with E-state index in [4.69, 9.17) is 4.74 Å². The van der Waals surface area contributed by atoms with E-state index in [1.165, 1.54) is 59.1 Å². The van der Waals surface area contributed by atoms with E-state index in [1.807, 2.05) is 60.7 Å². The lowest BCUT2D eigenvalue weighted by Gasteiger charge is -2.32. The number of imide groups is 1. The second-order valence-corrected chi connectivity index (χ2v) is 32.5. The molecule has 0 radical (unpaired) electrons. The number of fused-ring (bicyclic) bond motifs is 8. The molecule has 16 amide bonds. The van der Waals surface area contributed by atoms with E-state index in [0.29, 0.717) is 25.7 Å². The Balaban J connectivity index is 0.660. The van der Waals surface area contributed by atoms with E-state index in [1.54, 1.807) is 27.7 Å². The number of nitrogens with zero attached hydrogens (tertiary/aromatic N) is 5. The average Bonchev–Trinajstić information content (AvgIpc) is 1.57. The lowest BCUT2D eigenvalue weighted by Crippen LogP contribution is -2.59. The molecule has 1 saturated carbocycles.